The van der Waals surface area contributed by atoms with Gasteiger partial charge in [0, 0.05) is 18.2 Å². The fourth-order valence-corrected chi connectivity index (χ4v) is 2.25. The van der Waals surface area contributed by atoms with E-state index in [4.69, 9.17) is 10.5 Å². The Bertz CT molecular complexity index is 718. The molecule has 0 fully saturated rings. The second-order valence-electron chi connectivity index (χ2n) is 4.38. The monoisotopic (exact) mass is 253 g/mol. The second-order valence-corrected chi connectivity index (χ2v) is 4.38. The summed E-state index contributed by atoms with van der Waals surface area (Å²) >= 11 is 0. The van der Waals surface area contributed by atoms with Crippen LogP contribution < -0.4 is 10.5 Å². The Morgan fingerprint density at radius 1 is 1.21 bits per heavy atom. The van der Waals surface area contributed by atoms with Gasteiger partial charge in [-0.2, -0.15) is 0 Å². The third-order valence-corrected chi connectivity index (χ3v) is 3.22. The van der Waals surface area contributed by atoms with E-state index in [-0.39, 0.29) is 0 Å². The molecule has 0 unspecified atom stereocenters. The normalized spacial score (nSPS) is 10.8. The first-order valence-corrected chi connectivity index (χ1v) is 6.12. The smallest absolute Gasteiger partial charge is 0.122 e. The van der Waals surface area contributed by atoms with Crippen molar-refractivity contribution in [2.24, 2.45) is 0 Å². The SMILES string of the molecule is COc1ccccc1Cc1ncc2c(N)cccn12. The number of fused-ring (bicyclic) bond motifs is 1. The first-order chi connectivity index (χ1) is 9.29. The molecule has 3 aromatic rings. The molecular weight excluding hydrogens is 238 g/mol. The van der Waals surface area contributed by atoms with Gasteiger partial charge in [0.2, 0.25) is 0 Å². The average molecular weight is 253 g/mol. The van der Waals surface area contributed by atoms with Crippen LogP contribution in [0.15, 0.2) is 48.8 Å². The summed E-state index contributed by atoms with van der Waals surface area (Å²) in [7, 11) is 1.68. The molecule has 0 saturated heterocycles. The van der Waals surface area contributed by atoms with E-state index in [0.717, 1.165) is 28.3 Å². The van der Waals surface area contributed by atoms with E-state index in [1.807, 2.05) is 47.0 Å². The molecule has 0 aliphatic rings. The van der Waals surface area contributed by atoms with Gasteiger partial charge in [0.1, 0.15) is 11.6 Å². The zero-order valence-corrected chi connectivity index (χ0v) is 10.7. The number of anilines is 1. The van der Waals surface area contributed by atoms with Crippen molar-refractivity contribution in [3.8, 4) is 5.75 Å². The summed E-state index contributed by atoms with van der Waals surface area (Å²) in [5.74, 6) is 1.83. The molecule has 4 heteroatoms. The Kier molecular flexibility index (Phi) is 2.83. The quantitative estimate of drug-likeness (QED) is 0.780. The lowest BCUT2D eigenvalue weighted by atomic mass is 10.1. The van der Waals surface area contributed by atoms with Crippen LogP contribution in [0.3, 0.4) is 0 Å². The standard InChI is InChI=1S/C15H15N3O/c1-19-14-7-3-2-5-11(14)9-15-17-10-13-12(16)6-4-8-18(13)15/h2-8,10H,9,16H2,1H3. The number of nitrogen functional groups attached to an aromatic ring is 1. The minimum Gasteiger partial charge on any atom is -0.496 e. The number of benzene rings is 1. The van der Waals surface area contributed by atoms with Crippen LogP contribution in [0, 0.1) is 0 Å². The average Bonchev–Trinajstić information content (AvgIpc) is 2.84. The highest BCUT2D eigenvalue weighted by atomic mass is 16.5. The lowest BCUT2D eigenvalue weighted by molar-refractivity contribution is 0.410. The Morgan fingerprint density at radius 2 is 2.05 bits per heavy atom. The molecule has 0 saturated carbocycles. The summed E-state index contributed by atoms with van der Waals surface area (Å²) in [6.07, 6.45) is 4.49. The molecular formula is C15H15N3O. The Hall–Kier alpha value is -2.49. The number of rotatable bonds is 3. The molecule has 0 radical (unpaired) electrons. The number of nitrogens with two attached hydrogens (primary N) is 1. The lowest BCUT2D eigenvalue weighted by Gasteiger charge is -2.07. The molecule has 2 aromatic heterocycles. The highest BCUT2D eigenvalue weighted by Crippen LogP contribution is 2.22. The highest BCUT2D eigenvalue weighted by molar-refractivity contribution is 5.68. The van der Waals surface area contributed by atoms with Gasteiger partial charge in [-0.25, -0.2) is 4.98 Å². The van der Waals surface area contributed by atoms with Gasteiger partial charge in [0.15, 0.2) is 0 Å². The molecule has 0 amide bonds. The fraction of sp³-hybridized carbons (Fsp3) is 0.133. The zero-order chi connectivity index (χ0) is 13.2. The van der Waals surface area contributed by atoms with Crippen molar-refractivity contribution in [1.29, 1.82) is 0 Å². The van der Waals surface area contributed by atoms with Crippen LogP contribution in [0.25, 0.3) is 5.52 Å². The predicted octanol–water partition coefficient (Wildman–Crippen LogP) is 2.52. The Balaban J connectivity index is 2.04. The van der Waals surface area contributed by atoms with E-state index < -0.39 is 0 Å². The van der Waals surface area contributed by atoms with Crippen LogP contribution >= 0.6 is 0 Å². The summed E-state index contributed by atoms with van der Waals surface area (Å²) in [5.41, 5.74) is 8.72. The molecule has 0 spiro atoms. The van der Waals surface area contributed by atoms with E-state index in [2.05, 4.69) is 4.98 Å². The maximum Gasteiger partial charge on any atom is 0.122 e. The van der Waals surface area contributed by atoms with Crippen LogP contribution in [-0.2, 0) is 6.42 Å². The summed E-state index contributed by atoms with van der Waals surface area (Å²) in [6, 6.07) is 11.8. The molecule has 3 rings (SSSR count). The molecule has 0 atom stereocenters. The maximum absolute atomic E-state index is 5.93. The molecule has 0 bridgehead atoms. The van der Waals surface area contributed by atoms with Gasteiger partial charge >= 0.3 is 0 Å². The predicted molar refractivity (Wildman–Crippen MR) is 75.4 cm³/mol. The Labute approximate surface area is 111 Å². The number of ether oxygens (including phenoxy) is 1. The van der Waals surface area contributed by atoms with Crippen molar-refractivity contribution < 1.29 is 4.74 Å². The van der Waals surface area contributed by atoms with E-state index in [1.165, 1.54) is 0 Å². The zero-order valence-electron chi connectivity index (χ0n) is 10.7. The van der Waals surface area contributed by atoms with Crippen molar-refractivity contribution in [2.75, 3.05) is 12.8 Å². The topological polar surface area (TPSA) is 52.5 Å². The van der Waals surface area contributed by atoms with Gasteiger partial charge < -0.3 is 14.9 Å². The third kappa shape index (κ3) is 2.01. The van der Waals surface area contributed by atoms with Crippen molar-refractivity contribution >= 4 is 11.2 Å². The number of aromatic nitrogens is 2. The van der Waals surface area contributed by atoms with Crippen LogP contribution in [-0.4, -0.2) is 16.5 Å². The first kappa shape index (κ1) is 11.6. The van der Waals surface area contributed by atoms with E-state index in [0.29, 0.717) is 6.42 Å². The summed E-state index contributed by atoms with van der Waals surface area (Å²) in [6.45, 7) is 0. The van der Waals surface area contributed by atoms with Gasteiger partial charge in [0.25, 0.3) is 0 Å². The van der Waals surface area contributed by atoms with Gasteiger partial charge in [-0.3, -0.25) is 0 Å². The van der Waals surface area contributed by atoms with E-state index in [1.54, 1.807) is 13.3 Å². The van der Waals surface area contributed by atoms with Gasteiger partial charge in [-0.05, 0) is 18.2 Å². The summed E-state index contributed by atoms with van der Waals surface area (Å²) in [5, 5.41) is 0. The van der Waals surface area contributed by atoms with Crippen molar-refractivity contribution in [3.63, 3.8) is 0 Å². The van der Waals surface area contributed by atoms with Crippen LogP contribution in [0.2, 0.25) is 0 Å². The number of methoxy groups -OCH3 is 1. The van der Waals surface area contributed by atoms with Crippen molar-refractivity contribution in [1.82, 2.24) is 9.38 Å². The second kappa shape index (κ2) is 4.65. The van der Waals surface area contributed by atoms with Crippen molar-refractivity contribution in [2.45, 2.75) is 6.42 Å². The van der Waals surface area contributed by atoms with Gasteiger partial charge in [0.05, 0.1) is 24.5 Å². The molecule has 0 aliphatic carbocycles. The highest BCUT2D eigenvalue weighted by Gasteiger charge is 2.09. The minimum absolute atomic E-state index is 0.710. The number of imidazole rings is 1. The summed E-state index contributed by atoms with van der Waals surface area (Å²) in [4.78, 5) is 4.45. The largest absolute Gasteiger partial charge is 0.496 e. The minimum atomic E-state index is 0.710. The number of pyridine rings is 1. The van der Waals surface area contributed by atoms with E-state index >= 15 is 0 Å². The van der Waals surface area contributed by atoms with E-state index in [9.17, 15) is 0 Å². The molecule has 2 heterocycles. The molecule has 2 N–H and O–H groups in total. The molecule has 96 valence electrons. The summed E-state index contributed by atoms with van der Waals surface area (Å²) < 4.78 is 7.38. The third-order valence-electron chi connectivity index (χ3n) is 3.22. The van der Waals surface area contributed by atoms with Gasteiger partial charge in [-0.1, -0.05) is 18.2 Å². The van der Waals surface area contributed by atoms with Crippen LogP contribution in [0.1, 0.15) is 11.4 Å². The fourth-order valence-electron chi connectivity index (χ4n) is 2.25. The van der Waals surface area contributed by atoms with Crippen LogP contribution in [0.5, 0.6) is 5.75 Å². The maximum atomic E-state index is 5.93. The number of para-hydroxylation sites is 1. The van der Waals surface area contributed by atoms with Gasteiger partial charge in [-0.15, -0.1) is 0 Å². The van der Waals surface area contributed by atoms with Crippen molar-refractivity contribution in [3.05, 3.63) is 60.2 Å². The molecule has 1 aromatic carbocycles. The number of hydrogen-bond acceptors (Lipinski definition) is 3. The lowest BCUT2D eigenvalue weighted by Crippen LogP contribution is -1.99. The number of nitrogens with zero attached hydrogens (tertiary/aromatic N) is 2. The van der Waals surface area contributed by atoms with Crippen LogP contribution in [0.4, 0.5) is 5.69 Å². The first-order valence-electron chi connectivity index (χ1n) is 6.12. The molecule has 4 nitrogen and oxygen atoms in total. The number of hydrogen-bond donors (Lipinski definition) is 1. The molecule has 19 heavy (non-hydrogen) atoms. The molecule has 0 aliphatic heterocycles. The Morgan fingerprint density at radius 3 is 2.89 bits per heavy atom.